The Bertz CT molecular complexity index is 1150. The molecule has 4 aromatic rings. The Morgan fingerprint density at radius 3 is 2.81 bits per heavy atom. The van der Waals surface area contributed by atoms with Crippen LogP contribution in [0.4, 0.5) is 0 Å². The van der Waals surface area contributed by atoms with Crippen LogP contribution in [0, 0.1) is 0 Å². The summed E-state index contributed by atoms with van der Waals surface area (Å²) in [4.78, 5) is 27.8. The number of rotatable bonds is 6. The van der Waals surface area contributed by atoms with Crippen molar-refractivity contribution in [2.24, 2.45) is 0 Å². The zero-order valence-electron chi connectivity index (χ0n) is 15.5. The minimum Gasteiger partial charge on any atom is -0.493 e. The van der Waals surface area contributed by atoms with Gasteiger partial charge in [-0.2, -0.15) is 0 Å². The molecule has 138 valence electrons. The first kappa shape index (κ1) is 17.3. The van der Waals surface area contributed by atoms with Crippen LogP contribution in [0.3, 0.4) is 0 Å². The lowest BCUT2D eigenvalue weighted by Gasteiger charge is -2.19. The third-order valence-electron chi connectivity index (χ3n) is 4.76. The second-order valence-corrected chi connectivity index (χ2v) is 6.59. The van der Waals surface area contributed by atoms with E-state index < -0.39 is 0 Å². The lowest BCUT2D eigenvalue weighted by molar-refractivity contribution is 0.312. The van der Waals surface area contributed by atoms with Gasteiger partial charge >= 0.3 is 0 Å². The first-order chi connectivity index (χ1) is 13.2. The summed E-state index contributed by atoms with van der Waals surface area (Å²) in [7, 11) is 0. The highest BCUT2D eigenvalue weighted by Gasteiger charge is 2.20. The van der Waals surface area contributed by atoms with E-state index in [1.807, 2.05) is 30.3 Å². The quantitative estimate of drug-likeness (QED) is 0.540. The van der Waals surface area contributed by atoms with Crippen LogP contribution in [-0.2, 0) is 0 Å². The highest BCUT2D eigenvalue weighted by atomic mass is 16.5. The van der Waals surface area contributed by atoms with Crippen molar-refractivity contribution >= 4 is 21.9 Å². The van der Waals surface area contributed by atoms with E-state index >= 15 is 0 Å². The Hall–Kier alpha value is -3.15. The Balaban J connectivity index is 1.84. The van der Waals surface area contributed by atoms with Gasteiger partial charge in [0, 0.05) is 11.5 Å². The van der Waals surface area contributed by atoms with E-state index in [1.54, 1.807) is 12.4 Å². The Kier molecular flexibility index (Phi) is 4.62. The van der Waals surface area contributed by atoms with Gasteiger partial charge in [0.2, 0.25) is 0 Å². The smallest absolute Gasteiger partial charge is 0.258 e. The van der Waals surface area contributed by atoms with E-state index in [-0.39, 0.29) is 11.5 Å². The van der Waals surface area contributed by atoms with Gasteiger partial charge in [-0.25, -0.2) is 9.97 Å². The molecule has 6 nitrogen and oxygen atoms in total. The second-order valence-electron chi connectivity index (χ2n) is 6.59. The number of imidazole rings is 1. The predicted molar refractivity (Wildman–Crippen MR) is 106 cm³/mol. The summed E-state index contributed by atoms with van der Waals surface area (Å²) in [6, 6.07) is 11.6. The molecule has 0 saturated carbocycles. The fourth-order valence-electron chi connectivity index (χ4n) is 3.42. The van der Waals surface area contributed by atoms with Crippen molar-refractivity contribution in [3.63, 3.8) is 0 Å². The number of fused-ring (bicyclic) bond motifs is 2. The number of nitrogens with zero attached hydrogens (tertiary/aromatic N) is 2. The number of aromatic amines is 2. The van der Waals surface area contributed by atoms with Crippen LogP contribution in [0.25, 0.3) is 21.9 Å². The molecule has 0 aliphatic heterocycles. The van der Waals surface area contributed by atoms with Crippen LogP contribution in [0.15, 0.2) is 47.5 Å². The van der Waals surface area contributed by atoms with Gasteiger partial charge in [0.1, 0.15) is 11.6 Å². The number of H-pyrrole nitrogens is 2. The van der Waals surface area contributed by atoms with E-state index in [0.29, 0.717) is 23.3 Å². The topological polar surface area (TPSA) is 83.7 Å². The van der Waals surface area contributed by atoms with Crippen molar-refractivity contribution in [3.05, 3.63) is 64.5 Å². The molecule has 0 amide bonds. The lowest BCUT2D eigenvalue weighted by Crippen LogP contribution is -2.16. The van der Waals surface area contributed by atoms with Gasteiger partial charge < -0.3 is 14.7 Å². The molecular formula is C21H22N4O2. The average Bonchev–Trinajstić information content (AvgIpc) is 3.14. The minimum absolute atomic E-state index is 0.0509. The number of nitrogens with one attached hydrogen (secondary N) is 2. The summed E-state index contributed by atoms with van der Waals surface area (Å²) in [5.41, 5.74) is 3.17. The van der Waals surface area contributed by atoms with Gasteiger partial charge in [0.05, 0.1) is 34.9 Å². The van der Waals surface area contributed by atoms with Gasteiger partial charge in [0.15, 0.2) is 0 Å². The fraction of sp³-hybridized carbons (Fsp3) is 0.286. The monoisotopic (exact) mass is 362 g/mol. The van der Waals surface area contributed by atoms with Gasteiger partial charge in [-0.15, -0.1) is 0 Å². The molecule has 27 heavy (non-hydrogen) atoms. The largest absolute Gasteiger partial charge is 0.493 e. The molecule has 4 rings (SSSR count). The first-order valence-electron chi connectivity index (χ1n) is 9.30. The lowest BCUT2D eigenvalue weighted by atomic mass is 9.94. The van der Waals surface area contributed by atoms with Crippen molar-refractivity contribution in [1.82, 2.24) is 19.9 Å². The van der Waals surface area contributed by atoms with Crippen molar-refractivity contribution in [1.29, 1.82) is 0 Å². The number of benzene rings is 2. The highest BCUT2D eigenvalue weighted by molar-refractivity contribution is 5.92. The van der Waals surface area contributed by atoms with Crippen LogP contribution < -0.4 is 10.3 Å². The Labute approximate surface area is 156 Å². The SMILES string of the molecule is CCCOc1ccccc1C(CC)c1nc2cc3nc[nH]c3cc2c(=O)[nH]1. The maximum atomic E-state index is 12.7. The first-order valence-corrected chi connectivity index (χ1v) is 9.30. The summed E-state index contributed by atoms with van der Waals surface area (Å²) in [6.07, 6.45) is 3.36. The molecule has 2 aromatic carbocycles. The van der Waals surface area contributed by atoms with E-state index in [1.165, 1.54) is 0 Å². The summed E-state index contributed by atoms with van der Waals surface area (Å²) in [5.74, 6) is 1.44. The van der Waals surface area contributed by atoms with E-state index in [2.05, 4.69) is 28.8 Å². The van der Waals surface area contributed by atoms with Gasteiger partial charge in [-0.05, 0) is 31.0 Å². The number of hydrogen-bond donors (Lipinski definition) is 2. The molecule has 1 atom stereocenters. The maximum Gasteiger partial charge on any atom is 0.258 e. The summed E-state index contributed by atoms with van der Waals surface area (Å²) in [5, 5.41) is 0.556. The normalized spacial score (nSPS) is 12.5. The van der Waals surface area contributed by atoms with Crippen molar-refractivity contribution in [2.45, 2.75) is 32.6 Å². The predicted octanol–water partition coefficient (Wildman–Crippen LogP) is 4.13. The van der Waals surface area contributed by atoms with Crippen molar-refractivity contribution in [2.75, 3.05) is 6.61 Å². The molecule has 6 heteroatoms. The Morgan fingerprint density at radius 1 is 1.15 bits per heavy atom. The molecule has 0 saturated heterocycles. The molecule has 2 aromatic heterocycles. The summed E-state index contributed by atoms with van der Waals surface area (Å²) in [6.45, 7) is 4.83. The molecule has 2 N–H and O–H groups in total. The molecule has 0 bridgehead atoms. The third-order valence-corrected chi connectivity index (χ3v) is 4.76. The molecule has 2 heterocycles. The van der Waals surface area contributed by atoms with Gasteiger partial charge in [0.25, 0.3) is 5.56 Å². The second kappa shape index (κ2) is 7.23. The van der Waals surface area contributed by atoms with Crippen LogP contribution in [0.5, 0.6) is 5.75 Å². The highest BCUT2D eigenvalue weighted by Crippen LogP contribution is 2.33. The van der Waals surface area contributed by atoms with Crippen molar-refractivity contribution < 1.29 is 4.74 Å². The van der Waals surface area contributed by atoms with Crippen LogP contribution in [-0.4, -0.2) is 26.5 Å². The van der Waals surface area contributed by atoms with Crippen LogP contribution >= 0.6 is 0 Å². The number of aromatic nitrogens is 4. The molecule has 0 radical (unpaired) electrons. The van der Waals surface area contributed by atoms with E-state index in [4.69, 9.17) is 9.72 Å². The van der Waals surface area contributed by atoms with E-state index in [9.17, 15) is 4.79 Å². The number of hydrogen-bond acceptors (Lipinski definition) is 4. The fourth-order valence-corrected chi connectivity index (χ4v) is 3.42. The molecule has 1 unspecified atom stereocenters. The minimum atomic E-state index is -0.142. The van der Waals surface area contributed by atoms with E-state index in [0.717, 1.165) is 35.2 Å². The van der Waals surface area contributed by atoms with Crippen molar-refractivity contribution in [3.8, 4) is 5.75 Å². The number of para-hydroxylation sites is 1. The molecular weight excluding hydrogens is 340 g/mol. The summed E-state index contributed by atoms with van der Waals surface area (Å²) < 4.78 is 5.92. The third kappa shape index (κ3) is 3.18. The molecule has 0 aliphatic carbocycles. The molecule has 0 fully saturated rings. The summed E-state index contributed by atoms with van der Waals surface area (Å²) >= 11 is 0. The Morgan fingerprint density at radius 2 is 2.00 bits per heavy atom. The zero-order valence-corrected chi connectivity index (χ0v) is 15.5. The maximum absolute atomic E-state index is 12.7. The molecule has 0 aliphatic rings. The van der Waals surface area contributed by atoms with Crippen LogP contribution in [0.2, 0.25) is 0 Å². The standard InChI is InChI=1S/C21H22N4O2/c1-3-9-27-19-8-6-5-7-14(19)13(4-2)20-24-16-11-18-17(22-12-23-18)10-15(16)21(26)25-20/h5-8,10-13H,3-4,9H2,1-2H3,(H,22,23)(H,24,25,26). The van der Waals surface area contributed by atoms with Gasteiger partial charge in [-0.3, -0.25) is 4.79 Å². The zero-order chi connectivity index (χ0) is 18.8. The number of ether oxygens (including phenoxy) is 1. The molecule has 0 spiro atoms. The van der Waals surface area contributed by atoms with Gasteiger partial charge in [-0.1, -0.05) is 32.0 Å². The van der Waals surface area contributed by atoms with Crippen LogP contribution in [0.1, 0.15) is 44.0 Å². The average molecular weight is 362 g/mol.